The number of para-hydroxylation sites is 3. The first-order valence-electron chi connectivity index (χ1n) is 11.4. The molecular formula is C29H33N4+. The molecule has 0 amide bonds. The summed E-state index contributed by atoms with van der Waals surface area (Å²) in [6, 6.07) is 23.3. The predicted molar refractivity (Wildman–Crippen MR) is 140 cm³/mol. The molecule has 168 valence electrons. The summed E-state index contributed by atoms with van der Waals surface area (Å²) in [5.41, 5.74) is 11.5. The lowest BCUT2D eigenvalue weighted by atomic mass is 10.1. The van der Waals surface area contributed by atoms with Crippen LogP contribution in [0.15, 0.2) is 72.9 Å². The van der Waals surface area contributed by atoms with Crippen LogP contribution < -0.4 is 20.5 Å². The highest BCUT2D eigenvalue weighted by atomic mass is 15.1. The number of anilines is 6. The molecule has 4 aromatic rings. The number of benzene rings is 3. The number of hydrogen-bond acceptors (Lipinski definition) is 3. The Bertz CT molecular complexity index is 1170. The highest BCUT2D eigenvalue weighted by molar-refractivity contribution is 5.84. The van der Waals surface area contributed by atoms with Crippen LogP contribution in [-0.4, -0.2) is 0 Å². The van der Waals surface area contributed by atoms with Gasteiger partial charge in [0.2, 0.25) is 0 Å². The van der Waals surface area contributed by atoms with E-state index in [-0.39, 0.29) is 0 Å². The number of hydrogen-bond donors (Lipinski definition) is 3. The van der Waals surface area contributed by atoms with Gasteiger partial charge >= 0.3 is 5.82 Å². The predicted octanol–water partition coefficient (Wildman–Crippen LogP) is 7.28. The number of aryl methyl sites for hydroxylation is 6. The third kappa shape index (κ3) is 4.70. The number of rotatable bonds is 6. The van der Waals surface area contributed by atoms with Gasteiger partial charge in [0.1, 0.15) is 5.69 Å². The summed E-state index contributed by atoms with van der Waals surface area (Å²) >= 11 is 0. The molecule has 4 heteroatoms. The maximum absolute atomic E-state index is 3.73. The first kappa shape index (κ1) is 22.4. The van der Waals surface area contributed by atoms with E-state index in [1.54, 1.807) is 0 Å². The van der Waals surface area contributed by atoms with Gasteiger partial charge in [0.15, 0.2) is 5.69 Å². The number of nitrogens with zero attached hydrogens (tertiary/aromatic N) is 1. The molecule has 33 heavy (non-hydrogen) atoms. The Kier molecular flexibility index (Phi) is 6.36. The van der Waals surface area contributed by atoms with Gasteiger partial charge in [-0.2, -0.15) is 0 Å². The van der Waals surface area contributed by atoms with Crippen molar-refractivity contribution in [2.75, 3.05) is 16.0 Å². The monoisotopic (exact) mass is 437 g/mol. The number of nitrogens with one attached hydrogen (secondary N) is 3. The van der Waals surface area contributed by atoms with Gasteiger partial charge in [-0.25, -0.2) is 9.88 Å². The van der Waals surface area contributed by atoms with Crippen molar-refractivity contribution in [2.24, 2.45) is 7.05 Å². The van der Waals surface area contributed by atoms with Gasteiger partial charge in [-0.3, -0.25) is 0 Å². The van der Waals surface area contributed by atoms with E-state index in [1.165, 1.54) is 27.8 Å². The summed E-state index contributed by atoms with van der Waals surface area (Å²) in [5, 5.41) is 11.1. The van der Waals surface area contributed by atoms with Crippen LogP contribution in [0.4, 0.5) is 34.3 Å². The Morgan fingerprint density at radius 2 is 0.909 bits per heavy atom. The second-order valence-electron chi connectivity index (χ2n) is 8.79. The minimum Gasteiger partial charge on any atom is -0.352 e. The summed E-state index contributed by atoms with van der Waals surface area (Å²) in [5.74, 6) is 0.999. The van der Waals surface area contributed by atoms with Crippen molar-refractivity contribution in [2.45, 2.75) is 34.6 Å². The van der Waals surface area contributed by atoms with Crippen molar-refractivity contribution < 1.29 is 4.57 Å². The van der Waals surface area contributed by atoms with Gasteiger partial charge in [0.05, 0.1) is 18.9 Å². The van der Waals surface area contributed by atoms with Crippen LogP contribution in [0.2, 0.25) is 0 Å². The van der Waals surface area contributed by atoms with E-state index in [9.17, 15) is 0 Å². The van der Waals surface area contributed by atoms with Gasteiger partial charge < -0.3 is 10.6 Å². The molecule has 1 aromatic heterocycles. The molecule has 4 nitrogen and oxygen atoms in total. The molecule has 0 spiro atoms. The molecule has 3 N–H and O–H groups in total. The Hall–Kier alpha value is -3.79. The van der Waals surface area contributed by atoms with Crippen LogP contribution in [0.1, 0.15) is 27.8 Å². The third-order valence-electron chi connectivity index (χ3n) is 6.18. The minimum atomic E-state index is 0.999. The van der Waals surface area contributed by atoms with Gasteiger partial charge in [-0.1, -0.05) is 48.5 Å². The van der Waals surface area contributed by atoms with Gasteiger partial charge in [-0.05, 0) is 80.6 Å². The smallest absolute Gasteiger partial charge is 0.303 e. The van der Waals surface area contributed by atoms with E-state index in [0.29, 0.717) is 0 Å². The maximum Gasteiger partial charge on any atom is 0.303 e. The van der Waals surface area contributed by atoms with Crippen molar-refractivity contribution in [1.82, 2.24) is 0 Å². The fourth-order valence-electron chi connectivity index (χ4n) is 4.22. The van der Waals surface area contributed by atoms with E-state index in [1.807, 2.05) is 0 Å². The van der Waals surface area contributed by atoms with Crippen molar-refractivity contribution in [3.8, 4) is 0 Å². The maximum atomic E-state index is 3.73. The molecule has 0 unspecified atom stereocenters. The average Bonchev–Trinajstić information content (AvgIpc) is 2.77. The molecule has 1 heterocycles. The molecule has 0 saturated carbocycles. The fourth-order valence-corrected chi connectivity index (χ4v) is 4.22. The standard InChI is InChI=1S/C29H32N4/c1-19-11-7-12-20(2)26(19)30-24-16-9-15-23(5)28(24)32-29-25(17-10-18-33(29)6)31-27-21(3)13-8-14-22(27)4/h7-18,30-31H,1-6H3/p+1. The first-order valence-corrected chi connectivity index (χ1v) is 11.4. The zero-order valence-corrected chi connectivity index (χ0v) is 20.4. The number of aromatic nitrogens is 1. The van der Waals surface area contributed by atoms with Crippen molar-refractivity contribution in [3.05, 3.63) is 101 Å². The molecule has 0 atom stereocenters. The molecule has 3 aromatic carbocycles. The second-order valence-corrected chi connectivity index (χ2v) is 8.79. The van der Waals surface area contributed by atoms with Gasteiger partial charge in [0.25, 0.3) is 0 Å². The first-order chi connectivity index (χ1) is 15.8. The third-order valence-corrected chi connectivity index (χ3v) is 6.18. The second kappa shape index (κ2) is 9.37. The van der Waals surface area contributed by atoms with Crippen molar-refractivity contribution in [1.29, 1.82) is 0 Å². The molecule has 0 aliphatic heterocycles. The lowest BCUT2D eigenvalue weighted by Gasteiger charge is -2.18. The minimum absolute atomic E-state index is 0.999. The lowest BCUT2D eigenvalue weighted by Crippen LogP contribution is -2.32. The molecule has 0 aliphatic carbocycles. The Morgan fingerprint density at radius 3 is 1.45 bits per heavy atom. The summed E-state index contributed by atoms with van der Waals surface area (Å²) in [6.45, 7) is 10.7. The molecule has 0 fully saturated rings. The van der Waals surface area contributed by atoms with Crippen LogP contribution in [0.25, 0.3) is 0 Å². The van der Waals surface area contributed by atoms with Crippen LogP contribution >= 0.6 is 0 Å². The van der Waals surface area contributed by atoms with E-state index in [0.717, 1.165) is 34.3 Å². The largest absolute Gasteiger partial charge is 0.352 e. The topological polar surface area (TPSA) is 40.0 Å². The van der Waals surface area contributed by atoms with Crippen molar-refractivity contribution >= 4 is 34.3 Å². The molecule has 0 aliphatic rings. The molecule has 0 saturated heterocycles. The highest BCUT2D eigenvalue weighted by Gasteiger charge is 2.19. The van der Waals surface area contributed by atoms with Crippen molar-refractivity contribution in [3.63, 3.8) is 0 Å². The van der Waals surface area contributed by atoms with Gasteiger partial charge in [-0.15, -0.1) is 0 Å². The zero-order chi connectivity index (χ0) is 23.5. The van der Waals surface area contributed by atoms with Crippen LogP contribution in [0.5, 0.6) is 0 Å². The molecule has 0 radical (unpaired) electrons. The normalized spacial score (nSPS) is 10.7. The Morgan fingerprint density at radius 1 is 0.485 bits per heavy atom. The lowest BCUT2D eigenvalue weighted by molar-refractivity contribution is -0.656. The highest BCUT2D eigenvalue weighted by Crippen LogP contribution is 2.35. The summed E-state index contributed by atoms with van der Waals surface area (Å²) in [4.78, 5) is 0. The van der Waals surface area contributed by atoms with E-state index < -0.39 is 0 Å². The van der Waals surface area contributed by atoms with E-state index >= 15 is 0 Å². The summed E-state index contributed by atoms with van der Waals surface area (Å²) in [6.07, 6.45) is 2.06. The summed E-state index contributed by atoms with van der Waals surface area (Å²) in [7, 11) is 2.06. The van der Waals surface area contributed by atoms with Crippen LogP contribution in [0, 0.1) is 34.6 Å². The van der Waals surface area contributed by atoms with E-state index in [2.05, 4.69) is 135 Å². The van der Waals surface area contributed by atoms with E-state index in [4.69, 9.17) is 0 Å². The zero-order valence-electron chi connectivity index (χ0n) is 20.4. The number of pyridine rings is 1. The Balaban J connectivity index is 1.75. The average molecular weight is 438 g/mol. The SMILES string of the molecule is Cc1cccc(C)c1Nc1cccc(C)c1Nc1c(Nc2c(C)cccc2C)ccc[n+]1C. The summed E-state index contributed by atoms with van der Waals surface area (Å²) < 4.78 is 2.12. The van der Waals surface area contributed by atoms with Crippen LogP contribution in [0.3, 0.4) is 0 Å². The van der Waals surface area contributed by atoms with Gasteiger partial charge in [0, 0.05) is 11.4 Å². The molecule has 0 bridgehead atoms. The fraction of sp³-hybridized carbons (Fsp3) is 0.207. The molecular weight excluding hydrogens is 404 g/mol. The quantitative estimate of drug-likeness (QED) is 0.278. The van der Waals surface area contributed by atoms with Crippen LogP contribution in [-0.2, 0) is 7.05 Å². The molecule has 4 rings (SSSR count). The Labute approximate surface area is 197 Å².